The highest BCUT2D eigenvalue weighted by molar-refractivity contribution is 5.78. The molecule has 2 heterocycles. The van der Waals surface area contributed by atoms with Crippen molar-refractivity contribution in [2.75, 3.05) is 0 Å². The molecule has 5 rings (SSSR count). The fraction of sp³-hybridized carbons (Fsp3) is 0.387. The molecule has 1 saturated carbocycles. The van der Waals surface area contributed by atoms with Crippen LogP contribution in [0.5, 0.6) is 0 Å². The van der Waals surface area contributed by atoms with E-state index in [1.54, 1.807) is 0 Å². The lowest BCUT2D eigenvalue weighted by Gasteiger charge is -2.34. The van der Waals surface area contributed by atoms with Gasteiger partial charge in [0.2, 0.25) is 11.8 Å². The summed E-state index contributed by atoms with van der Waals surface area (Å²) < 4.78 is 2.17. The first-order chi connectivity index (χ1) is 18.0. The van der Waals surface area contributed by atoms with Crippen molar-refractivity contribution in [3.8, 4) is 0 Å². The van der Waals surface area contributed by atoms with Gasteiger partial charge in [0, 0.05) is 32.0 Å². The lowest BCUT2D eigenvalue weighted by atomic mass is 9.74. The van der Waals surface area contributed by atoms with Crippen molar-refractivity contribution in [3.05, 3.63) is 95.6 Å². The number of aromatic nitrogens is 2. The van der Waals surface area contributed by atoms with Gasteiger partial charge in [-0.15, -0.1) is 0 Å². The van der Waals surface area contributed by atoms with Gasteiger partial charge in [-0.05, 0) is 61.1 Å². The van der Waals surface area contributed by atoms with Crippen molar-refractivity contribution in [1.82, 2.24) is 14.5 Å². The van der Waals surface area contributed by atoms with Gasteiger partial charge < -0.3 is 15.2 Å². The van der Waals surface area contributed by atoms with Crippen LogP contribution in [0.25, 0.3) is 6.08 Å². The van der Waals surface area contributed by atoms with E-state index in [1.807, 2.05) is 36.8 Å². The number of rotatable bonds is 9. The molecule has 2 amide bonds. The van der Waals surface area contributed by atoms with Gasteiger partial charge in [0.15, 0.2) is 0 Å². The Bertz CT molecular complexity index is 1230. The Morgan fingerprint density at radius 1 is 0.973 bits per heavy atom. The zero-order valence-electron chi connectivity index (χ0n) is 21.3. The summed E-state index contributed by atoms with van der Waals surface area (Å²) in [4.78, 5) is 31.1. The van der Waals surface area contributed by atoms with Crippen LogP contribution in [0.4, 0.5) is 0 Å². The van der Waals surface area contributed by atoms with Gasteiger partial charge in [-0.3, -0.25) is 9.59 Å². The number of hydrogen-bond acceptors (Lipinski definition) is 3. The summed E-state index contributed by atoms with van der Waals surface area (Å²) in [6, 6.07) is 20.9. The highest BCUT2D eigenvalue weighted by Crippen LogP contribution is 2.40. The van der Waals surface area contributed by atoms with Gasteiger partial charge in [0.05, 0.1) is 18.2 Å². The maximum Gasteiger partial charge on any atom is 0.223 e. The van der Waals surface area contributed by atoms with Crippen LogP contribution in [0.3, 0.4) is 0 Å². The molecule has 1 aliphatic heterocycles. The molecule has 0 spiro atoms. The van der Waals surface area contributed by atoms with Crippen LogP contribution in [0, 0.1) is 11.8 Å². The van der Waals surface area contributed by atoms with Crippen LogP contribution >= 0.6 is 0 Å². The first-order valence-electron chi connectivity index (χ1n) is 13.4. The van der Waals surface area contributed by atoms with Crippen LogP contribution in [-0.2, 0) is 22.7 Å². The van der Waals surface area contributed by atoms with E-state index in [9.17, 15) is 9.59 Å². The van der Waals surface area contributed by atoms with E-state index in [0.29, 0.717) is 25.3 Å². The Kier molecular flexibility index (Phi) is 7.83. The van der Waals surface area contributed by atoms with Crippen LogP contribution < -0.4 is 5.73 Å². The van der Waals surface area contributed by atoms with Gasteiger partial charge in [-0.1, -0.05) is 66.2 Å². The molecular formula is C31H36N4O2. The molecule has 3 aromatic rings. The van der Waals surface area contributed by atoms with Crippen LogP contribution in [0.1, 0.15) is 61.8 Å². The molecule has 2 fully saturated rings. The van der Waals surface area contributed by atoms with Crippen molar-refractivity contribution in [2.45, 2.75) is 64.1 Å². The highest BCUT2D eigenvalue weighted by atomic mass is 16.2. The molecule has 2 aliphatic rings. The van der Waals surface area contributed by atoms with E-state index >= 15 is 0 Å². The minimum absolute atomic E-state index is 0.235. The van der Waals surface area contributed by atoms with Crippen molar-refractivity contribution in [1.29, 1.82) is 0 Å². The number of likely N-dealkylation sites (tertiary alicyclic amines) is 1. The molecule has 6 heteroatoms. The second-order valence-electron chi connectivity index (χ2n) is 10.7. The third-order valence-electron chi connectivity index (χ3n) is 7.80. The quantitative estimate of drug-likeness (QED) is 0.443. The Hall–Kier alpha value is -3.67. The SMILES string of the molecule is NC(=O)C[C@@H]1C/C(=C/c2cncn2Cc2ccccc2)C[C@H](C[C@@H]2CCC(=O)N2Cc2ccccc2)C1. The average Bonchev–Trinajstić information content (AvgIpc) is 3.46. The lowest BCUT2D eigenvalue weighted by Crippen LogP contribution is -2.35. The van der Waals surface area contributed by atoms with Crippen LogP contribution in [-0.4, -0.2) is 32.3 Å². The maximum absolute atomic E-state index is 12.7. The minimum atomic E-state index is -0.235. The number of benzene rings is 2. The van der Waals surface area contributed by atoms with E-state index in [2.05, 4.69) is 56.9 Å². The Morgan fingerprint density at radius 3 is 2.35 bits per heavy atom. The second kappa shape index (κ2) is 11.6. The number of allylic oxidation sites excluding steroid dienone is 1. The summed E-state index contributed by atoms with van der Waals surface area (Å²) in [5.41, 5.74) is 10.5. The molecule has 1 aromatic heterocycles. The van der Waals surface area contributed by atoms with Crippen molar-refractivity contribution in [3.63, 3.8) is 0 Å². The third-order valence-corrected chi connectivity index (χ3v) is 7.80. The maximum atomic E-state index is 12.7. The molecule has 6 nitrogen and oxygen atoms in total. The monoisotopic (exact) mass is 496 g/mol. The van der Waals surface area contributed by atoms with E-state index in [4.69, 9.17) is 5.73 Å². The van der Waals surface area contributed by atoms with E-state index in [0.717, 1.165) is 44.3 Å². The van der Waals surface area contributed by atoms with Gasteiger partial charge in [-0.2, -0.15) is 0 Å². The predicted octanol–water partition coefficient (Wildman–Crippen LogP) is 5.19. The molecule has 1 aliphatic carbocycles. The van der Waals surface area contributed by atoms with E-state index in [-0.39, 0.29) is 23.8 Å². The third kappa shape index (κ3) is 6.56. The standard InChI is InChI=1S/C31H36N4O2/c32-30(36)18-27-14-25(16-28-11-12-31(37)35(28)21-24-9-5-2-6-10-24)13-26(15-27)17-29-19-33-22-34(29)20-23-7-3-1-4-8-23/h1-10,17,19,22,25,27-28H,11-16,18,20-21H2,(H2,32,36)/b26-17+/t25-,27-,28-/m0/s1. The van der Waals surface area contributed by atoms with Crippen molar-refractivity contribution < 1.29 is 9.59 Å². The number of carbonyl (C=O) groups is 2. The molecule has 2 aromatic carbocycles. The second-order valence-corrected chi connectivity index (χ2v) is 10.7. The minimum Gasteiger partial charge on any atom is -0.370 e. The number of hydrogen-bond donors (Lipinski definition) is 1. The molecule has 1 saturated heterocycles. The van der Waals surface area contributed by atoms with Gasteiger partial charge >= 0.3 is 0 Å². The zero-order valence-corrected chi connectivity index (χ0v) is 21.3. The van der Waals surface area contributed by atoms with Gasteiger partial charge in [0.1, 0.15) is 0 Å². The Morgan fingerprint density at radius 2 is 1.65 bits per heavy atom. The Balaban J connectivity index is 1.32. The average molecular weight is 497 g/mol. The van der Waals surface area contributed by atoms with Crippen LogP contribution in [0.2, 0.25) is 0 Å². The fourth-order valence-electron chi connectivity index (χ4n) is 6.19. The molecule has 0 bridgehead atoms. The number of primary amides is 1. The summed E-state index contributed by atoms with van der Waals surface area (Å²) in [5, 5.41) is 0. The number of amides is 2. The summed E-state index contributed by atoms with van der Waals surface area (Å²) in [6.45, 7) is 1.44. The molecule has 0 radical (unpaired) electrons. The number of imidazole rings is 1. The first kappa shape index (κ1) is 25.0. The van der Waals surface area contributed by atoms with Crippen molar-refractivity contribution >= 4 is 17.9 Å². The van der Waals surface area contributed by atoms with Gasteiger partial charge in [-0.25, -0.2) is 4.98 Å². The van der Waals surface area contributed by atoms with E-state index in [1.165, 1.54) is 16.7 Å². The van der Waals surface area contributed by atoms with Gasteiger partial charge in [0.25, 0.3) is 0 Å². The topological polar surface area (TPSA) is 81.2 Å². The largest absolute Gasteiger partial charge is 0.370 e. The molecule has 192 valence electrons. The van der Waals surface area contributed by atoms with Crippen LogP contribution in [0.15, 0.2) is 78.8 Å². The normalized spacial score (nSPS) is 23.0. The molecule has 0 unspecified atom stereocenters. The first-order valence-corrected chi connectivity index (χ1v) is 13.4. The fourth-order valence-corrected chi connectivity index (χ4v) is 6.19. The molecule has 2 N–H and O–H groups in total. The van der Waals surface area contributed by atoms with E-state index < -0.39 is 0 Å². The summed E-state index contributed by atoms with van der Waals surface area (Å²) >= 11 is 0. The zero-order chi connectivity index (χ0) is 25.6. The Labute approximate surface area is 219 Å². The summed E-state index contributed by atoms with van der Waals surface area (Å²) in [6.07, 6.45) is 11.8. The number of nitrogens with zero attached hydrogens (tertiary/aromatic N) is 3. The molecule has 37 heavy (non-hydrogen) atoms. The number of nitrogens with two attached hydrogens (primary N) is 1. The van der Waals surface area contributed by atoms with Crippen molar-refractivity contribution in [2.24, 2.45) is 17.6 Å². The highest BCUT2D eigenvalue weighted by Gasteiger charge is 2.35. The summed E-state index contributed by atoms with van der Waals surface area (Å²) in [7, 11) is 0. The number of carbonyl (C=O) groups excluding carboxylic acids is 2. The molecule has 3 atom stereocenters. The lowest BCUT2D eigenvalue weighted by molar-refractivity contribution is -0.129. The summed E-state index contributed by atoms with van der Waals surface area (Å²) in [5.74, 6) is 0.677. The smallest absolute Gasteiger partial charge is 0.223 e. The predicted molar refractivity (Wildman–Crippen MR) is 145 cm³/mol. The molecular weight excluding hydrogens is 460 g/mol.